The normalized spacial score (nSPS) is 21.3. The smallest absolute Gasteiger partial charge is 0.465 e. The van der Waals surface area contributed by atoms with E-state index >= 15 is 0 Å². The SMILES string of the molecule is C[C@@H]1CN(C(=O)O)[C@@H](C)CN1C(c1ccc(F)cc1)c1ccc(OC(F)(F)F)cn1. The van der Waals surface area contributed by atoms with Crippen molar-refractivity contribution >= 4 is 6.09 Å². The minimum Gasteiger partial charge on any atom is -0.465 e. The van der Waals surface area contributed by atoms with Crippen molar-refractivity contribution in [2.45, 2.75) is 38.3 Å². The number of hydrogen-bond donors (Lipinski definition) is 1. The predicted octanol–water partition coefficient (Wildman–Crippen LogP) is 4.28. The van der Waals surface area contributed by atoms with Crippen molar-refractivity contribution < 1.29 is 32.2 Å². The Morgan fingerprint density at radius 3 is 2.33 bits per heavy atom. The highest BCUT2D eigenvalue weighted by atomic mass is 19.4. The van der Waals surface area contributed by atoms with Gasteiger partial charge in [-0.05, 0) is 43.7 Å². The quantitative estimate of drug-likeness (QED) is 0.738. The zero-order valence-corrected chi connectivity index (χ0v) is 16.3. The summed E-state index contributed by atoms with van der Waals surface area (Å²) in [6.45, 7) is 4.27. The van der Waals surface area contributed by atoms with E-state index in [0.29, 0.717) is 17.8 Å². The summed E-state index contributed by atoms with van der Waals surface area (Å²) in [5, 5.41) is 9.39. The number of nitrogens with zero attached hydrogens (tertiary/aromatic N) is 3. The van der Waals surface area contributed by atoms with Crippen LogP contribution in [0, 0.1) is 5.82 Å². The topological polar surface area (TPSA) is 65.9 Å². The van der Waals surface area contributed by atoms with Gasteiger partial charge in [-0.3, -0.25) is 9.88 Å². The fourth-order valence-corrected chi connectivity index (χ4v) is 3.70. The summed E-state index contributed by atoms with van der Waals surface area (Å²) in [5.74, 6) is -0.863. The van der Waals surface area contributed by atoms with Crippen molar-refractivity contribution in [1.29, 1.82) is 0 Å². The molecule has 3 atom stereocenters. The molecule has 1 aromatic carbocycles. The lowest BCUT2D eigenvalue weighted by atomic mass is 9.96. The second-order valence-corrected chi connectivity index (χ2v) is 7.25. The number of alkyl halides is 3. The Balaban J connectivity index is 1.95. The molecular formula is C20H21F4N3O3. The molecule has 1 amide bonds. The first-order chi connectivity index (χ1) is 14.0. The van der Waals surface area contributed by atoms with E-state index < -0.39 is 30.1 Å². The molecule has 30 heavy (non-hydrogen) atoms. The van der Waals surface area contributed by atoms with Crippen LogP contribution in [0.4, 0.5) is 22.4 Å². The van der Waals surface area contributed by atoms with Gasteiger partial charge in [0.05, 0.1) is 17.9 Å². The van der Waals surface area contributed by atoms with Gasteiger partial charge in [0.2, 0.25) is 0 Å². The molecule has 0 spiro atoms. The van der Waals surface area contributed by atoms with Gasteiger partial charge in [-0.25, -0.2) is 9.18 Å². The average Bonchev–Trinajstić information content (AvgIpc) is 2.66. The molecule has 1 saturated heterocycles. The first-order valence-electron chi connectivity index (χ1n) is 9.27. The van der Waals surface area contributed by atoms with Crippen LogP contribution in [0.1, 0.15) is 31.1 Å². The Labute approximate surface area is 170 Å². The van der Waals surface area contributed by atoms with E-state index in [2.05, 4.69) is 9.72 Å². The van der Waals surface area contributed by atoms with E-state index in [0.717, 1.165) is 6.20 Å². The number of piperazine rings is 1. The Morgan fingerprint density at radius 2 is 1.80 bits per heavy atom. The maximum absolute atomic E-state index is 13.5. The fourth-order valence-electron chi connectivity index (χ4n) is 3.70. The molecule has 1 aliphatic heterocycles. The van der Waals surface area contributed by atoms with Crippen LogP contribution < -0.4 is 4.74 Å². The van der Waals surface area contributed by atoms with Crippen LogP contribution >= 0.6 is 0 Å². The monoisotopic (exact) mass is 427 g/mol. The number of ether oxygens (including phenoxy) is 1. The van der Waals surface area contributed by atoms with Crippen molar-refractivity contribution in [2.24, 2.45) is 0 Å². The van der Waals surface area contributed by atoms with Crippen LogP contribution in [0.15, 0.2) is 42.6 Å². The molecule has 1 aromatic heterocycles. The van der Waals surface area contributed by atoms with Gasteiger partial charge in [0.1, 0.15) is 11.6 Å². The maximum atomic E-state index is 13.5. The summed E-state index contributed by atoms with van der Waals surface area (Å²) in [7, 11) is 0. The number of halogens is 4. The molecule has 2 heterocycles. The van der Waals surface area contributed by atoms with Crippen LogP contribution in [-0.4, -0.2) is 57.5 Å². The van der Waals surface area contributed by atoms with Crippen molar-refractivity contribution in [2.75, 3.05) is 13.1 Å². The largest absolute Gasteiger partial charge is 0.573 e. The lowest BCUT2D eigenvalue weighted by Crippen LogP contribution is -2.58. The Bertz CT molecular complexity index is 874. The standard InChI is InChI=1S/C20H21F4N3O3/c1-12-11-27(19(28)29)13(2)10-26(12)18(14-3-5-15(21)6-4-14)17-8-7-16(9-25-17)30-20(22,23)24/h3-9,12-13,18H,10-11H2,1-2H3,(H,28,29)/t12-,13+,18?/m1/s1. The van der Waals surface area contributed by atoms with Gasteiger partial charge in [0, 0.05) is 25.2 Å². The number of carbonyl (C=O) groups is 1. The molecule has 1 aliphatic rings. The lowest BCUT2D eigenvalue weighted by molar-refractivity contribution is -0.274. The zero-order chi connectivity index (χ0) is 22.1. The summed E-state index contributed by atoms with van der Waals surface area (Å²) in [4.78, 5) is 19.0. The third-order valence-corrected chi connectivity index (χ3v) is 5.07. The van der Waals surface area contributed by atoms with Gasteiger partial charge in [0.25, 0.3) is 0 Å². The second kappa shape index (κ2) is 8.47. The molecule has 6 nitrogen and oxygen atoms in total. The van der Waals surface area contributed by atoms with Crippen molar-refractivity contribution in [1.82, 2.24) is 14.8 Å². The van der Waals surface area contributed by atoms with E-state index in [1.54, 1.807) is 19.1 Å². The molecule has 1 fully saturated rings. The van der Waals surface area contributed by atoms with Crippen molar-refractivity contribution in [3.05, 3.63) is 59.7 Å². The maximum Gasteiger partial charge on any atom is 0.573 e. The van der Waals surface area contributed by atoms with Gasteiger partial charge in [-0.15, -0.1) is 13.2 Å². The molecule has 10 heteroatoms. The van der Waals surface area contributed by atoms with E-state index in [-0.39, 0.29) is 18.6 Å². The zero-order valence-electron chi connectivity index (χ0n) is 16.3. The lowest BCUT2D eigenvalue weighted by Gasteiger charge is -2.46. The Kier molecular flexibility index (Phi) is 6.16. The number of carboxylic acid groups (broad SMARTS) is 1. The van der Waals surface area contributed by atoms with E-state index in [4.69, 9.17) is 0 Å². The molecule has 162 valence electrons. The minimum absolute atomic E-state index is 0.208. The summed E-state index contributed by atoms with van der Waals surface area (Å²) in [5.41, 5.74) is 1.13. The van der Waals surface area contributed by atoms with Crippen molar-refractivity contribution in [3.8, 4) is 5.75 Å². The summed E-state index contributed by atoms with van der Waals surface area (Å²) >= 11 is 0. The number of benzene rings is 1. The van der Waals surface area contributed by atoms with Crippen LogP contribution in [-0.2, 0) is 0 Å². The number of hydrogen-bond acceptors (Lipinski definition) is 4. The highest BCUT2D eigenvalue weighted by molar-refractivity contribution is 5.65. The molecule has 3 rings (SSSR count). The minimum atomic E-state index is -4.82. The first-order valence-corrected chi connectivity index (χ1v) is 9.27. The number of pyridine rings is 1. The third-order valence-electron chi connectivity index (χ3n) is 5.07. The van der Waals surface area contributed by atoms with E-state index in [1.807, 2.05) is 11.8 Å². The summed E-state index contributed by atoms with van der Waals surface area (Å²) in [6.07, 6.45) is -4.85. The van der Waals surface area contributed by atoms with Gasteiger partial charge in [-0.2, -0.15) is 0 Å². The molecular weight excluding hydrogens is 406 g/mol. The second-order valence-electron chi connectivity index (χ2n) is 7.25. The predicted molar refractivity (Wildman–Crippen MR) is 99.5 cm³/mol. The number of amides is 1. The fraction of sp³-hybridized carbons (Fsp3) is 0.400. The molecule has 0 radical (unpaired) electrons. The third kappa shape index (κ3) is 4.99. The highest BCUT2D eigenvalue weighted by Gasteiger charge is 2.37. The van der Waals surface area contributed by atoms with Crippen LogP contribution in [0.2, 0.25) is 0 Å². The van der Waals surface area contributed by atoms with E-state index in [1.165, 1.54) is 29.2 Å². The van der Waals surface area contributed by atoms with Gasteiger partial charge >= 0.3 is 12.5 Å². The van der Waals surface area contributed by atoms with Gasteiger partial charge < -0.3 is 14.7 Å². The van der Waals surface area contributed by atoms with Gasteiger partial charge in [-0.1, -0.05) is 12.1 Å². The summed E-state index contributed by atoms with van der Waals surface area (Å²) < 4.78 is 54.7. The molecule has 1 N–H and O–H groups in total. The first kappa shape index (κ1) is 21.8. The van der Waals surface area contributed by atoms with Crippen molar-refractivity contribution in [3.63, 3.8) is 0 Å². The molecule has 0 bridgehead atoms. The Hall–Kier alpha value is -2.88. The van der Waals surface area contributed by atoms with Crippen LogP contribution in [0.25, 0.3) is 0 Å². The Morgan fingerprint density at radius 1 is 1.13 bits per heavy atom. The number of aromatic nitrogens is 1. The number of rotatable bonds is 4. The molecule has 1 unspecified atom stereocenters. The highest BCUT2D eigenvalue weighted by Crippen LogP contribution is 2.33. The molecule has 2 aromatic rings. The van der Waals surface area contributed by atoms with E-state index in [9.17, 15) is 27.5 Å². The average molecular weight is 427 g/mol. The van der Waals surface area contributed by atoms with Gasteiger partial charge in [0.15, 0.2) is 0 Å². The summed E-state index contributed by atoms with van der Waals surface area (Å²) in [6, 6.07) is 7.35. The molecule has 0 saturated carbocycles. The van der Waals surface area contributed by atoms with Crippen LogP contribution in [0.5, 0.6) is 5.75 Å². The van der Waals surface area contributed by atoms with Crippen LogP contribution in [0.3, 0.4) is 0 Å². The molecule has 0 aliphatic carbocycles.